The van der Waals surface area contributed by atoms with E-state index in [0.717, 1.165) is 19.5 Å². The molecule has 1 aromatic rings. The van der Waals surface area contributed by atoms with Gasteiger partial charge in [0.2, 0.25) is 0 Å². The van der Waals surface area contributed by atoms with Gasteiger partial charge in [0.15, 0.2) is 0 Å². The maximum absolute atomic E-state index is 4.60. The van der Waals surface area contributed by atoms with Crippen molar-refractivity contribution < 1.29 is 0 Å². The molecular weight excluding hydrogens is 326 g/mol. The smallest absolute Gasteiger partial charge is 0.0701 e. The van der Waals surface area contributed by atoms with E-state index in [1.807, 2.05) is 6.20 Å². The first-order valence-electron chi connectivity index (χ1n) is 8.63. The van der Waals surface area contributed by atoms with Gasteiger partial charge in [0, 0.05) is 6.54 Å². The van der Waals surface area contributed by atoms with Crippen LogP contribution in [0.5, 0.6) is 0 Å². The minimum Gasteiger partial charge on any atom is -0.308 e. The third-order valence-corrected chi connectivity index (χ3v) is 5.67. The molecule has 1 saturated carbocycles. The molecule has 0 aliphatic heterocycles. The summed E-state index contributed by atoms with van der Waals surface area (Å²) >= 11 is 3.76. The summed E-state index contributed by atoms with van der Waals surface area (Å²) in [6.45, 7) is 8.91. The molecule has 0 bridgehead atoms. The average molecular weight is 356 g/mol. The minimum atomic E-state index is 0.406. The van der Waals surface area contributed by atoms with Gasteiger partial charge in [-0.3, -0.25) is 4.68 Å². The molecule has 0 aromatic carbocycles. The van der Waals surface area contributed by atoms with E-state index < -0.39 is 0 Å². The van der Waals surface area contributed by atoms with Crippen molar-refractivity contribution in [1.29, 1.82) is 0 Å². The number of hydrogen-bond donors (Lipinski definition) is 1. The fraction of sp³-hybridized carbons (Fsp3) is 0.824. The standard InChI is InChI=1S/C17H30BrN3/c1-4-11-19-16(17(6-3)9-7-8-10-17)15-14(18)13-20-21(15)12-5-2/h13,16,19H,4-12H2,1-3H3. The molecule has 1 heterocycles. The lowest BCUT2D eigenvalue weighted by Crippen LogP contribution is -2.38. The van der Waals surface area contributed by atoms with E-state index in [9.17, 15) is 0 Å². The fourth-order valence-corrected chi connectivity index (χ4v) is 4.39. The van der Waals surface area contributed by atoms with Crippen molar-refractivity contribution in [2.24, 2.45) is 5.41 Å². The average Bonchev–Trinajstić information content (AvgIpc) is 3.10. The summed E-state index contributed by atoms with van der Waals surface area (Å²) in [4.78, 5) is 0. The third-order valence-electron chi connectivity index (χ3n) is 5.06. The SMILES string of the molecule is CCCNC(c1c(Br)cnn1CCC)C1(CC)CCCC1. The van der Waals surface area contributed by atoms with Crippen LogP contribution in [0.25, 0.3) is 0 Å². The first kappa shape index (κ1) is 17.0. The quantitative estimate of drug-likeness (QED) is 0.705. The van der Waals surface area contributed by atoms with Gasteiger partial charge in [-0.05, 0) is 60.0 Å². The van der Waals surface area contributed by atoms with Gasteiger partial charge >= 0.3 is 0 Å². The molecule has 3 nitrogen and oxygen atoms in total. The highest BCUT2D eigenvalue weighted by atomic mass is 79.9. The molecule has 1 aromatic heterocycles. The van der Waals surface area contributed by atoms with Crippen LogP contribution in [0.15, 0.2) is 10.7 Å². The number of rotatable bonds is 8. The van der Waals surface area contributed by atoms with Gasteiger partial charge in [0.1, 0.15) is 0 Å². The molecule has 1 N–H and O–H groups in total. The van der Waals surface area contributed by atoms with E-state index in [1.54, 1.807) is 0 Å². The van der Waals surface area contributed by atoms with Crippen molar-refractivity contribution in [3.63, 3.8) is 0 Å². The molecule has 1 atom stereocenters. The Balaban J connectivity index is 2.37. The first-order valence-corrected chi connectivity index (χ1v) is 9.42. The van der Waals surface area contributed by atoms with Gasteiger partial charge < -0.3 is 5.32 Å². The molecule has 0 radical (unpaired) electrons. The molecule has 21 heavy (non-hydrogen) atoms. The summed E-state index contributed by atoms with van der Waals surface area (Å²) in [5, 5.41) is 8.46. The van der Waals surface area contributed by atoms with Crippen molar-refractivity contribution in [3.05, 3.63) is 16.4 Å². The summed E-state index contributed by atoms with van der Waals surface area (Å²) < 4.78 is 3.39. The highest BCUT2D eigenvalue weighted by Crippen LogP contribution is 2.51. The molecule has 0 spiro atoms. The molecule has 0 amide bonds. The van der Waals surface area contributed by atoms with E-state index in [2.05, 4.69) is 51.8 Å². The van der Waals surface area contributed by atoms with Crippen molar-refractivity contribution in [3.8, 4) is 0 Å². The lowest BCUT2D eigenvalue weighted by molar-refractivity contribution is 0.177. The second kappa shape index (κ2) is 7.77. The lowest BCUT2D eigenvalue weighted by atomic mass is 9.74. The molecule has 1 fully saturated rings. The zero-order chi connectivity index (χ0) is 15.3. The van der Waals surface area contributed by atoms with Gasteiger partial charge in [-0.1, -0.05) is 33.6 Å². The Hall–Kier alpha value is -0.350. The van der Waals surface area contributed by atoms with Gasteiger partial charge in [0.05, 0.1) is 22.4 Å². The second-order valence-corrected chi connectivity index (χ2v) is 7.27. The van der Waals surface area contributed by atoms with Gasteiger partial charge in [-0.2, -0.15) is 5.10 Å². The first-order chi connectivity index (χ1) is 10.2. The van der Waals surface area contributed by atoms with E-state index in [0.29, 0.717) is 11.5 Å². The van der Waals surface area contributed by atoms with Crippen LogP contribution in [-0.2, 0) is 6.54 Å². The Labute approximate surface area is 138 Å². The number of nitrogens with zero attached hydrogens (tertiary/aromatic N) is 2. The Morgan fingerprint density at radius 1 is 1.29 bits per heavy atom. The maximum atomic E-state index is 4.60. The van der Waals surface area contributed by atoms with Gasteiger partial charge in [-0.25, -0.2) is 0 Å². The minimum absolute atomic E-state index is 0.406. The van der Waals surface area contributed by atoms with Crippen molar-refractivity contribution in [2.45, 2.75) is 78.3 Å². The summed E-state index contributed by atoms with van der Waals surface area (Å²) in [5.74, 6) is 0. The van der Waals surface area contributed by atoms with Crippen LogP contribution < -0.4 is 5.32 Å². The number of aryl methyl sites for hydroxylation is 1. The Morgan fingerprint density at radius 2 is 2.00 bits per heavy atom. The number of nitrogens with one attached hydrogen (secondary N) is 1. The van der Waals surface area contributed by atoms with E-state index in [4.69, 9.17) is 0 Å². The van der Waals surface area contributed by atoms with Crippen molar-refractivity contribution in [1.82, 2.24) is 15.1 Å². The molecular formula is C17H30BrN3. The zero-order valence-corrected chi connectivity index (χ0v) is 15.4. The normalized spacial score (nSPS) is 19.0. The van der Waals surface area contributed by atoms with Gasteiger partial charge in [0.25, 0.3) is 0 Å². The van der Waals surface area contributed by atoms with Crippen molar-refractivity contribution in [2.75, 3.05) is 6.54 Å². The van der Waals surface area contributed by atoms with Crippen LogP contribution in [0.2, 0.25) is 0 Å². The maximum Gasteiger partial charge on any atom is 0.0701 e. The Morgan fingerprint density at radius 3 is 2.57 bits per heavy atom. The monoisotopic (exact) mass is 355 g/mol. The highest BCUT2D eigenvalue weighted by Gasteiger charge is 2.42. The molecule has 4 heteroatoms. The third kappa shape index (κ3) is 3.53. The second-order valence-electron chi connectivity index (χ2n) is 6.41. The largest absolute Gasteiger partial charge is 0.308 e. The Kier molecular flexibility index (Phi) is 6.30. The number of hydrogen-bond acceptors (Lipinski definition) is 2. The van der Waals surface area contributed by atoms with E-state index in [-0.39, 0.29) is 0 Å². The predicted octanol–water partition coefficient (Wildman–Crippen LogP) is 5.07. The highest BCUT2D eigenvalue weighted by molar-refractivity contribution is 9.10. The van der Waals surface area contributed by atoms with Crippen LogP contribution in [0.3, 0.4) is 0 Å². The summed E-state index contributed by atoms with van der Waals surface area (Å²) in [6.07, 6.45) is 11.0. The Bertz CT molecular complexity index is 435. The molecule has 1 unspecified atom stereocenters. The summed E-state index contributed by atoms with van der Waals surface area (Å²) in [5.41, 5.74) is 1.78. The molecule has 2 rings (SSSR count). The summed E-state index contributed by atoms with van der Waals surface area (Å²) in [7, 11) is 0. The van der Waals surface area contributed by atoms with Gasteiger partial charge in [-0.15, -0.1) is 0 Å². The zero-order valence-electron chi connectivity index (χ0n) is 13.8. The summed E-state index contributed by atoms with van der Waals surface area (Å²) in [6, 6.07) is 0.424. The van der Waals surface area contributed by atoms with Crippen LogP contribution in [0.1, 0.15) is 77.5 Å². The van der Waals surface area contributed by atoms with Crippen LogP contribution >= 0.6 is 15.9 Å². The molecule has 120 valence electrons. The number of halogens is 1. The molecule has 0 saturated heterocycles. The van der Waals surface area contributed by atoms with E-state index >= 15 is 0 Å². The van der Waals surface area contributed by atoms with Crippen LogP contribution in [-0.4, -0.2) is 16.3 Å². The molecule has 1 aliphatic rings. The van der Waals surface area contributed by atoms with Crippen LogP contribution in [0.4, 0.5) is 0 Å². The fourth-order valence-electron chi connectivity index (χ4n) is 3.87. The predicted molar refractivity (Wildman–Crippen MR) is 92.4 cm³/mol. The topological polar surface area (TPSA) is 29.9 Å². The molecule has 1 aliphatic carbocycles. The lowest BCUT2D eigenvalue weighted by Gasteiger charge is -2.38. The van der Waals surface area contributed by atoms with Crippen LogP contribution in [0, 0.1) is 5.41 Å². The van der Waals surface area contributed by atoms with E-state index in [1.165, 1.54) is 48.7 Å². The number of aromatic nitrogens is 2. The van der Waals surface area contributed by atoms with Crippen molar-refractivity contribution >= 4 is 15.9 Å².